The Labute approximate surface area is 154 Å². The summed E-state index contributed by atoms with van der Waals surface area (Å²) in [6.07, 6.45) is 5.48. The smallest absolute Gasteiger partial charge is 0.254 e. The third-order valence-corrected chi connectivity index (χ3v) is 5.31. The molecule has 3 rings (SSSR count). The van der Waals surface area contributed by atoms with Crippen molar-refractivity contribution in [2.75, 3.05) is 32.8 Å². The summed E-state index contributed by atoms with van der Waals surface area (Å²) in [5.74, 6) is -0.164. The maximum absolute atomic E-state index is 14.0. The highest BCUT2D eigenvalue weighted by Gasteiger charge is 2.30. The Morgan fingerprint density at radius 3 is 2.35 bits per heavy atom. The lowest BCUT2D eigenvalue weighted by molar-refractivity contribution is -0.138. The second kappa shape index (κ2) is 8.52. The Hall–Kier alpha value is -2.11. The van der Waals surface area contributed by atoms with E-state index in [0.29, 0.717) is 38.3 Å². The molecule has 0 aromatic heterocycles. The molecule has 1 heterocycles. The van der Waals surface area contributed by atoms with Gasteiger partial charge in [0, 0.05) is 37.7 Å². The number of nitrogens with zero attached hydrogens (tertiary/aromatic N) is 2. The summed E-state index contributed by atoms with van der Waals surface area (Å²) in [5.41, 5.74) is 0.318. The number of amides is 2. The molecule has 6 heteroatoms. The molecule has 1 saturated carbocycles. The van der Waals surface area contributed by atoms with Crippen LogP contribution < -0.4 is 4.74 Å². The van der Waals surface area contributed by atoms with Gasteiger partial charge in [0.15, 0.2) is 11.6 Å². The summed E-state index contributed by atoms with van der Waals surface area (Å²) < 4.78 is 19.2. The predicted molar refractivity (Wildman–Crippen MR) is 96.6 cm³/mol. The molecule has 0 bridgehead atoms. The molecule has 1 aliphatic carbocycles. The number of rotatable bonds is 4. The van der Waals surface area contributed by atoms with Crippen LogP contribution in [0.5, 0.6) is 5.75 Å². The summed E-state index contributed by atoms with van der Waals surface area (Å²) in [6.45, 7) is 4.26. The molecular weight excluding hydrogens is 335 g/mol. The van der Waals surface area contributed by atoms with Crippen LogP contribution in [0.2, 0.25) is 0 Å². The summed E-state index contributed by atoms with van der Waals surface area (Å²) in [4.78, 5) is 28.8. The molecule has 2 fully saturated rings. The van der Waals surface area contributed by atoms with Gasteiger partial charge >= 0.3 is 0 Å². The molecular formula is C20H27FN2O3. The monoisotopic (exact) mass is 362 g/mol. The van der Waals surface area contributed by atoms with Crippen molar-refractivity contribution < 1.29 is 18.7 Å². The fourth-order valence-electron chi connectivity index (χ4n) is 3.83. The van der Waals surface area contributed by atoms with E-state index >= 15 is 0 Å². The van der Waals surface area contributed by atoms with Gasteiger partial charge in [-0.25, -0.2) is 4.39 Å². The van der Waals surface area contributed by atoms with Crippen molar-refractivity contribution in [1.82, 2.24) is 9.80 Å². The zero-order valence-corrected chi connectivity index (χ0v) is 15.4. The van der Waals surface area contributed by atoms with Crippen LogP contribution >= 0.6 is 0 Å². The quantitative estimate of drug-likeness (QED) is 0.827. The maximum Gasteiger partial charge on any atom is 0.254 e. The fraction of sp³-hybridized carbons (Fsp3) is 0.600. The van der Waals surface area contributed by atoms with E-state index in [4.69, 9.17) is 4.74 Å². The Morgan fingerprint density at radius 2 is 1.73 bits per heavy atom. The van der Waals surface area contributed by atoms with Crippen LogP contribution in [-0.4, -0.2) is 54.4 Å². The Balaban J connectivity index is 1.56. The molecule has 1 aliphatic heterocycles. The van der Waals surface area contributed by atoms with Crippen LogP contribution in [0.15, 0.2) is 18.2 Å². The number of hydrogen-bond acceptors (Lipinski definition) is 3. The van der Waals surface area contributed by atoms with E-state index < -0.39 is 5.82 Å². The van der Waals surface area contributed by atoms with Crippen LogP contribution in [-0.2, 0) is 4.79 Å². The minimum absolute atomic E-state index is 0.159. The van der Waals surface area contributed by atoms with E-state index in [2.05, 4.69) is 0 Å². The van der Waals surface area contributed by atoms with Gasteiger partial charge in [-0.2, -0.15) is 0 Å². The summed E-state index contributed by atoms with van der Waals surface area (Å²) in [6, 6.07) is 4.32. The van der Waals surface area contributed by atoms with Gasteiger partial charge in [0.25, 0.3) is 5.91 Å². The average Bonchev–Trinajstić information content (AvgIpc) is 2.69. The highest BCUT2D eigenvalue weighted by atomic mass is 19.1. The maximum atomic E-state index is 14.0. The third-order valence-electron chi connectivity index (χ3n) is 5.31. The highest BCUT2D eigenvalue weighted by molar-refractivity contribution is 5.94. The Bertz CT molecular complexity index is 650. The van der Waals surface area contributed by atoms with Crippen molar-refractivity contribution >= 4 is 11.8 Å². The molecule has 142 valence electrons. The first kappa shape index (κ1) is 18.7. The molecule has 1 aromatic rings. The molecule has 0 N–H and O–H groups in total. The number of benzene rings is 1. The van der Waals surface area contributed by atoms with E-state index in [0.717, 1.165) is 25.7 Å². The molecule has 1 saturated heterocycles. The highest BCUT2D eigenvalue weighted by Crippen LogP contribution is 2.26. The van der Waals surface area contributed by atoms with Crippen molar-refractivity contribution in [2.24, 2.45) is 5.92 Å². The molecule has 0 spiro atoms. The lowest BCUT2D eigenvalue weighted by Crippen LogP contribution is -2.52. The van der Waals surface area contributed by atoms with Crippen molar-refractivity contribution in [1.29, 1.82) is 0 Å². The normalized spacial score (nSPS) is 18.7. The first-order valence-corrected chi connectivity index (χ1v) is 9.60. The molecule has 26 heavy (non-hydrogen) atoms. The summed E-state index contributed by atoms with van der Waals surface area (Å²) in [7, 11) is 0. The lowest BCUT2D eigenvalue weighted by atomic mass is 9.88. The predicted octanol–water partition coefficient (Wildman–Crippen LogP) is 3.09. The van der Waals surface area contributed by atoms with Crippen LogP contribution in [0, 0.1) is 11.7 Å². The summed E-state index contributed by atoms with van der Waals surface area (Å²) >= 11 is 0. The first-order valence-electron chi connectivity index (χ1n) is 9.60. The molecule has 0 unspecified atom stereocenters. The third kappa shape index (κ3) is 4.17. The fourth-order valence-corrected chi connectivity index (χ4v) is 3.83. The van der Waals surface area contributed by atoms with Crippen LogP contribution in [0.1, 0.15) is 49.4 Å². The minimum Gasteiger partial charge on any atom is -0.491 e. The van der Waals surface area contributed by atoms with Crippen LogP contribution in [0.4, 0.5) is 4.39 Å². The standard InChI is InChI=1S/C20H27FN2O3/c1-2-26-18-9-8-16(14-17(18)21)20(25)23-12-10-22(11-13-23)19(24)15-6-4-3-5-7-15/h8-9,14-15H,2-7,10-13H2,1H3. The van der Waals surface area contributed by atoms with E-state index in [1.54, 1.807) is 17.9 Å². The molecule has 0 atom stereocenters. The number of carbonyl (C=O) groups excluding carboxylic acids is 2. The number of halogens is 1. The Kier molecular flexibility index (Phi) is 6.12. The minimum atomic E-state index is -0.524. The van der Waals surface area contributed by atoms with Gasteiger partial charge in [0.2, 0.25) is 5.91 Å². The van der Waals surface area contributed by atoms with Crippen molar-refractivity contribution in [3.8, 4) is 5.75 Å². The number of hydrogen-bond donors (Lipinski definition) is 0. The SMILES string of the molecule is CCOc1ccc(C(=O)N2CCN(C(=O)C3CCCCC3)CC2)cc1F. The zero-order valence-electron chi connectivity index (χ0n) is 15.4. The van der Waals surface area contributed by atoms with Crippen molar-refractivity contribution in [3.63, 3.8) is 0 Å². The lowest BCUT2D eigenvalue weighted by Gasteiger charge is -2.37. The van der Waals surface area contributed by atoms with Crippen molar-refractivity contribution in [2.45, 2.75) is 39.0 Å². The molecule has 2 amide bonds. The van der Waals surface area contributed by atoms with Gasteiger partial charge in [0.1, 0.15) is 0 Å². The van der Waals surface area contributed by atoms with Gasteiger partial charge in [-0.1, -0.05) is 19.3 Å². The van der Waals surface area contributed by atoms with Gasteiger partial charge in [0.05, 0.1) is 6.61 Å². The first-order chi connectivity index (χ1) is 12.6. The van der Waals surface area contributed by atoms with E-state index in [-0.39, 0.29) is 23.5 Å². The van der Waals surface area contributed by atoms with Gasteiger partial charge in [-0.15, -0.1) is 0 Å². The summed E-state index contributed by atoms with van der Waals surface area (Å²) in [5, 5.41) is 0. The van der Waals surface area contributed by atoms with E-state index in [1.165, 1.54) is 18.6 Å². The largest absolute Gasteiger partial charge is 0.491 e. The Morgan fingerprint density at radius 1 is 1.08 bits per heavy atom. The van der Waals surface area contributed by atoms with Gasteiger partial charge < -0.3 is 14.5 Å². The van der Waals surface area contributed by atoms with Crippen LogP contribution in [0.25, 0.3) is 0 Å². The number of piperazine rings is 1. The molecule has 1 aromatic carbocycles. The zero-order chi connectivity index (χ0) is 18.5. The number of ether oxygens (including phenoxy) is 1. The number of carbonyl (C=O) groups is 2. The van der Waals surface area contributed by atoms with Crippen molar-refractivity contribution in [3.05, 3.63) is 29.6 Å². The van der Waals surface area contributed by atoms with Gasteiger partial charge in [-0.3, -0.25) is 9.59 Å². The van der Waals surface area contributed by atoms with E-state index in [9.17, 15) is 14.0 Å². The molecule has 2 aliphatic rings. The second-order valence-electron chi connectivity index (χ2n) is 7.03. The second-order valence-corrected chi connectivity index (χ2v) is 7.03. The van der Waals surface area contributed by atoms with Crippen LogP contribution in [0.3, 0.4) is 0 Å². The topological polar surface area (TPSA) is 49.9 Å². The van der Waals surface area contributed by atoms with Gasteiger partial charge in [-0.05, 0) is 38.0 Å². The molecule has 0 radical (unpaired) electrons. The van der Waals surface area contributed by atoms with E-state index in [1.807, 2.05) is 4.90 Å². The average molecular weight is 362 g/mol. The molecule has 5 nitrogen and oxygen atoms in total.